The van der Waals surface area contributed by atoms with Crippen LogP contribution in [-0.2, 0) is 12.8 Å². The average molecular weight is 373 g/mol. The van der Waals surface area contributed by atoms with Crippen LogP contribution in [0.3, 0.4) is 0 Å². The molecule has 0 bridgehead atoms. The zero-order chi connectivity index (χ0) is 20.4. The van der Waals surface area contributed by atoms with Crippen LogP contribution in [0.1, 0.15) is 89.8 Å². The third-order valence-corrected chi connectivity index (χ3v) is 5.33. The summed E-state index contributed by atoms with van der Waals surface area (Å²) >= 11 is 0. The Morgan fingerprint density at radius 2 is 1.70 bits per heavy atom. The van der Waals surface area contributed by atoms with E-state index in [-0.39, 0.29) is 0 Å². The van der Waals surface area contributed by atoms with Crippen LogP contribution in [0, 0.1) is 12.8 Å². The molecule has 3 N–H and O–H groups in total. The Kier molecular flexibility index (Phi) is 10.2. The number of allylic oxidation sites excluding steroid dienone is 2. The van der Waals surface area contributed by atoms with Gasteiger partial charge in [0.2, 0.25) is 0 Å². The van der Waals surface area contributed by atoms with E-state index in [1.807, 2.05) is 0 Å². The Labute approximate surface area is 166 Å². The molecular weight excluding hydrogens is 332 g/mol. The number of nitrogens with zero attached hydrogens (tertiary/aromatic N) is 1. The molecule has 0 radical (unpaired) electrons. The van der Waals surface area contributed by atoms with Crippen LogP contribution in [0.4, 0.5) is 5.69 Å². The van der Waals surface area contributed by atoms with Crippen LogP contribution in [0.15, 0.2) is 28.4 Å². The molecule has 1 aliphatic rings. The summed E-state index contributed by atoms with van der Waals surface area (Å²) in [5.74, 6) is 0.637. The van der Waals surface area contributed by atoms with Gasteiger partial charge in [0, 0.05) is 5.69 Å². The summed E-state index contributed by atoms with van der Waals surface area (Å²) in [7, 11) is 0. The first-order chi connectivity index (χ1) is 12.9. The predicted octanol–water partition coefficient (Wildman–Crippen LogP) is 6.85. The molecule has 2 rings (SSSR count). The minimum Gasteiger partial charge on any atom is -0.411 e. The topological polar surface area (TPSA) is 58.6 Å². The SMILES string of the molecule is CCCC1=C(CC)/C(=N/O)CC(C)C1.CCCc1cc(C)cc(N)c1CC. The van der Waals surface area contributed by atoms with E-state index in [0.29, 0.717) is 5.92 Å². The van der Waals surface area contributed by atoms with E-state index in [1.165, 1.54) is 47.1 Å². The maximum atomic E-state index is 8.95. The van der Waals surface area contributed by atoms with Gasteiger partial charge in [-0.25, -0.2) is 0 Å². The Morgan fingerprint density at radius 3 is 2.22 bits per heavy atom. The van der Waals surface area contributed by atoms with Crippen molar-refractivity contribution in [2.45, 2.75) is 92.9 Å². The number of hydrogen-bond acceptors (Lipinski definition) is 3. The summed E-state index contributed by atoms with van der Waals surface area (Å²) < 4.78 is 0. The maximum Gasteiger partial charge on any atom is 0.0829 e. The standard InChI is InChI=1S/C12H21NO.C12H19N/c1-4-6-10-7-9(3)8-12(13-14)11(10)5-2;1-4-6-10-7-9(3)8-12(13)11(10)5-2/h9,14H,4-8H2,1-3H3;7-8H,4-6,13H2,1-3H3/b13-12+;. The first kappa shape index (κ1) is 23.3. The van der Waals surface area contributed by atoms with E-state index in [1.54, 1.807) is 0 Å². The van der Waals surface area contributed by atoms with Gasteiger partial charge in [-0.15, -0.1) is 0 Å². The quantitative estimate of drug-likeness (QED) is 0.326. The fraction of sp³-hybridized carbons (Fsp3) is 0.625. The lowest BCUT2D eigenvalue weighted by Gasteiger charge is -2.25. The van der Waals surface area contributed by atoms with E-state index in [4.69, 9.17) is 10.9 Å². The number of benzene rings is 1. The van der Waals surface area contributed by atoms with Crippen LogP contribution < -0.4 is 5.73 Å². The van der Waals surface area contributed by atoms with Gasteiger partial charge in [0.1, 0.15) is 0 Å². The molecule has 0 spiro atoms. The molecule has 0 saturated heterocycles. The second-order valence-electron chi connectivity index (χ2n) is 7.84. The number of aryl methyl sites for hydroxylation is 2. The fourth-order valence-corrected chi connectivity index (χ4v) is 4.23. The molecule has 3 nitrogen and oxygen atoms in total. The third-order valence-electron chi connectivity index (χ3n) is 5.33. The van der Waals surface area contributed by atoms with Crippen LogP contribution in [0.25, 0.3) is 0 Å². The predicted molar refractivity (Wildman–Crippen MR) is 119 cm³/mol. The number of rotatable bonds is 6. The summed E-state index contributed by atoms with van der Waals surface area (Å²) in [6.07, 6.45) is 8.85. The van der Waals surface area contributed by atoms with E-state index in [2.05, 4.69) is 58.8 Å². The largest absolute Gasteiger partial charge is 0.411 e. The lowest BCUT2D eigenvalue weighted by molar-refractivity contribution is 0.315. The van der Waals surface area contributed by atoms with Crippen molar-refractivity contribution in [1.29, 1.82) is 0 Å². The Balaban J connectivity index is 0.000000271. The van der Waals surface area contributed by atoms with Crippen molar-refractivity contribution in [3.63, 3.8) is 0 Å². The summed E-state index contributed by atoms with van der Waals surface area (Å²) in [6, 6.07) is 4.33. The molecule has 1 aromatic rings. The van der Waals surface area contributed by atoms with Crippen molar-refractivity contribution in [3.8, 4) is 0 Å². The highest BCUT2D eigenvalue weighted by Crippen LogP contribution is 2.31. The van der Waals surface area contributed by atoms with Gasteiger partial charge >= 0.3 is 0 Å². The zero-order valence-electron chi connectivity index (χ0n) is 18.4. The molecule has 152 valence electrons. The molecule has 1 atom stereocenters. The van der Waals surface area contributed by atoms with Crippen LogP contribution in [-0.4, -0.2) is 10.9 Å². The lowest BCUT2D eigenvalue weighted by atomic mass is 9.81. The molecule has 3 heteroatoms. The molecule has 0 fully saturated rings. The number of nitrogen functional groups attached to an aromatic ring is 1. The van der Waals surface area contributed by atoms with Crippen molar-refractivity contribution < 1.29 is 5.21 Å². The summed E-state index contributed by atoms with van der Waals surface area (Å²) in [4.78, 5) is 0. The van der Waals surface area contributed by atoms with Crippen molar-refractivity contribution >= 4 is 11.4 Å². The highest BCUT2D eigenvalue weighted by molar-refractivity contribution is 6.01. The highest BCUT2D eigenvalue weighted by atomic mass is 16.4. The first-order valence-corrected chi connectivity index (χ1v) is 10.7. The van der Waals surface area contributed by atoms with Crippen molar-refractivity contribution in [2.75, 3.05) is 5.73 Å². The van der Waals surface area contributed by atoms with Gasteiger partial charge in [-0.1, -0.05) is 64.3 Å². The van der Waals surface area contributed by atoms with E-state index in [9.17, 15) is 0 Å². The van der Waals surface area contributed by atoms with Gasteiger partial charge in [0.05, 0.1) is 5.71 Å². The van der Waals surface area contributed by atoms with E-state index >= 15 is 0 Å². The highest BCUT2D eigenvalue weighted by Gasteiger charge is 2.22. The van der Waals surface area contributed by atoms with E-state index < -0.39 is 0 Å². The number of anilines is 1. The fourth-order valence-electron chi connectivity index (χ4n) is 4.23. The Hall–Kier alpha value is -1.77. The second-order valence-corrected chi connectivity index (χ2v) is 7.84. The van der Waals surface area contributed by atoms with Gasteiger partial charge in [-0.05, 0) is 79.7 Å². The van der Waals surface area contributed by atoms with Gasteiger partial charge < -0.3 is 10.9 Å². The Bertz CT molecular complexity index is 659. The first-order valence-electron chi connectivity index (χ1n) is 10.7. The molecule has 27 heavy (non-hydrogen) atoms. The molecular formula is C24H40N2O. The van der Waals surface area contributed by atoms with Crippen molar-refractivity contribution in [1.82, 2.24) is 0 Å². The Morgan fingerprint density at radius 1 is 1.04 bits per heavy atom. The number of hydrogen-bond donors (Lipinski definition) is 2. The van der Waals surface area contributed by atoms with Gasteiger partial charge in [-0.2, -0.15) is 0 Å². The van der Waals surface area contributed by atoms with Crippen LogP contribution >= 0.6 is 0 Å². The molecule has 0 heterocycles. The third kappa shape index (κ3) is 6.71. The summed E-state index contributed by atoms with van der Waals surface area (Å²) in [5, 5.41) is 12.4. The molecule has 1 unspecified atom stereocenters. The zero-order valence-corrected chi connectivity index (χ0v) is 18.4. The van der Waals surface area contributed by atoms with Gasteiger partial charge in [0.25, 0.3) is 0 Å². The number of oxime groups is 1. The molecule has 1 aliphatic carbocycles. The number of nitrogens with two attached hydrogens (primary N) is 1. The van der Waals surface area contributed by atoms with Gasteiger partial charge in [-0.3, -0.25) is 0 Å². The van der Waals surface area contributed by atoms with Crippen molar-refractivity contribution in [2.24, 2.45) is 11.1 Å². The molecule has 0 aliphatic heterocycles. The summed E-state index contributed by atoms with van der Waals surface area (Å²) in [5.41, 5.74) is 14.7. The molecule has 0 amide bonds. The molecule has 0 aromatic heterocycles. The van der Waals surface area contributed by atoms with Crippen molar-refractivity contribution in [3.05, 3.63) is 40.0 Å². The molecule has 1 aromatic carbocycles. The minimum absolute atomic E-state index is 0.637. The monoisotopic (exact) mass is 372 g/mol. The van der Waals surface area contributed by atoms with E-state index in [0.717, 1.165) is 43.5 Å². The van der Waals surface area contributed by atoms with Crippen LogP contribution in [0.2, 0.25) is 0 Å². The minimum atomic E-state index is 0.637. The summed E-state index contributed by atoms with van der Waals surface area (Å²) in [6.45, 7) is 13.1. The maximum absolute atomic E-state index is 8.95. The normalized spacial score (nSPS) is 18.4. The molecule has 0 saturated carbocycles. The van der Waals surface area contributed by atoms with Crippen LogP contribution in [0.5, 0.6) is 0 Å². The lowest BCUT2D eigenvalue weighted by Crippen LogP contribution is -2.17. The second kappa shape index (κ2) is 11.8. The average Bonchev–Trinajstić information content (AvgIpc) is 2.62. The van der Waals surface area contributed by atoms with Gasteiger partial charge in [0.15, 0.2) is 0 Å². The smallest absolute Gasteiger partial charge is 0.0829 e.